The minimum atomic E-state index is -0.289. The van der Waals surface area contributed by atoms with E-state index in [1.807, 2.05) is 24.4 Å². The maximum Gasteiger partial charge on any atom is 0.169 e. The van der Waals surface area contributed by atoms with Gasteiger partial charge in [0, 0.05) is 28.3 Å². The molecule has 0 spiro atoms. The summed E-state index contributed by atoms with van der Waals surface area (Å²) < 4.78 is 0. The lowest BCUT2D eigenvalue weighted by molar-refractivity contribution is 0.0498. The Kier molecular flexibility index (Phi) is 3.19. The van der Waals surface area contributed by atoms with Crippen molar-refractivity contribution in [1.29, 1.82) is 0 Å². The molecule has 0 N–H and O–H groups in total. The van der Waals surface area contributed by atoms with Gasteiger partial charge in [-0.1, -0.05) is 49.4 Å². The lowest BCUT2D eigenvalue weighted by Crippen LogP contribution is -2.47. The summed E-state index contributed by atoms with van der Waals surface area (Å²) in [5, 5.41) is 2.32. The first-order valence-corrected chi connectivity index (χ1v) is 9.49. The van der Waals surface area contributed by atoms with E-state index in [0.29, 0.717) is 11.7 Å². The summed E-state index contributed by atoms with van der Waals surface area (Å²) in [5.74, 6) is 0.967. The van der Waals surface area contributed by atoms with Crippen LogP contribution in [0.3, 0.4) is 0 Å². The zero-order valence-electron chi connectivity index (χ0n) is 15.3. The molecule has 1 heterocycles. The Morgan fingerprint density at radius 2 is 1.77 bits per heavy atom. The van der Waals surface area contributed by atoms with Gasteiger partial charge in [-0.25, -0.2) is 0 Å². The van der Waals surface area contributed by atoms with Crippen molar-refractivity contribution < 1.29 is 4.79 Å². The summed E-state index contributed by atoms with van der Waals surface area (Å²) in [7, 11) is 0. The van der Waals surface area contributed by atoms with Crippen molar-refractivity contribution in [2.45, 2.75) is 38.5 Å². The van der Waals surface area contributed by atoms with Crippen LogP contribution in [0.2, 0.25) is 0 Å². The molecule has 26 heavy (non-hydrogen) atoms. The molecule has 3 aromatic rings. The van der Waals surface area contributed by atoms with Crippen molar-refractivity contribution in [1.82, 2.24) is 4.98 Å². The predicted octanol–water partition coefficient (Wildman–Crippen LogP) is 5.48. The number of aromatic nitrogens is 1. The summed E-state index contributed by atoms with van der Waals surface area (Å²) in [5.41, 5.74) is 2.65. The van der Waals surface area contributed by atoms with Gasteiger partial charge in [-0.2, -0.15) is 0 Å². The highest BCUT2D eigenvalue weighted by Gasteiger charge is 2.68. The Balaban J connectivity index is 1.58. The summed E-state index contributed by atoms with van der Waals surface area (Å²) in [6.45, 7) is 4.32. The third-order valence-corrected chi connectivity index (χ3v) is 6.95. The number of pyridine rings is 1. The molecule has 2 bridgehead atoms. The lowest BCUT2D eigenvalue weighted by Gasteiger charge is -2.45. The molecule has 3 saturated carbocycles. The zero-order chi connectivity index (χ0) is 17.9. The van der Waals surface area contributed by atoms with E-state index in [2.05, 4.69) is 50.2 Å². The Morgan fingerprint density at radius 1 is 1.00 bits per heavy atom. The molecule has 3 aliphatic carbocycles. The zero-order valence-corrected chi connectivity index (χ0v) is 15.3. The highest BCUT2D eigenvalue weighted by atomic mass is 16.1. The van der Waals surface area contributed by atoms with Crippen molar-refractivity contribution in [3.05, 3.63) is 77.6 Å². The topological polar surface area (TPSA) is 30.0 Å². The number of Topliss-reactive ketones (excluding diaryl/α,β-unsaturated/α-hetero) is 1. The number of carbonyl (C=O) groups is 1. The van der Waals surface area contributed by atoms with Crippen LogP contribution in [-0.2, 0) is 5.41 Å². The number of aryl methyl sites for hydroxylation is 1. The molecule has 3 fully saturated rings. The third-order valence-electron chi connectivity index (χ3n) is 6.95. The van der Waals surface area contributed by atoms with Gasteiger partial charge in [0.1, 0.15) is 0 Å². The molecule has 2 aromatic carbocycles. The SMILES string of the molecule is Cc1ccc([C@]2(C)CC3CC2(C(=O)c2ccc4ccccc4c2)C3)nc1. The first-order valence-electron chi connectivity index (χ1n) is 9.49. The highest BCUT2D eigenvalue weighted by Crippen LogP contribution is 2.69. The maximum absolute atomic E-state index is 13.7. The summed E-state index contributed by atoms with van der Waals surface area (Å²) in [4.78, 5) is 18.4. The van der Waals surface area contributed by atoms with Gasteiger partial charge in [0.2, 0.25) is 0 Å². The molecule has 0 radical (unpaired) electrons. The largest absolute Gasteiger partial charge is 0.294 e. The molecular formula is C24H23NO. The second kappa shape index (κ2) is 5.26. The number of rotatable bonds is 3. The van der Waals surface area contributed by atoms with Crippen LogP contribution < -0.4 is 0 Å². The van der Waals surface area contributed by atoms with Crippen molar-refractivity contribution >= 4 is 16.6 Å². The molecular weight excluding hydrogens is 318 g/mol. The van der Waals surface area contributed by atoms with Gasteiger partial charge in [0.25, 0.3) is 0 Å². The van der Waals surface area contributed by atoms with E-state index in [4.69, 9.17) is 4.98 Å². The summed E-state index contributed by atoms with van der Waals surface area (Å²) in [6, 6.07) is 18.7. The molecule has 2 nitrogen and oxygen atoms in total. The van der Waals surface area contributed by atoms with Gasteiger partial charge in [-0.05, 0) is 60.6 Å². The fourth-order valence-electron chi connectivity index (χ4n) is 5.48. The Hall–Kier alpha value is -2.48. The van der Waals surface area contributed by atoms with E-state index < -0.39 is 0 Å². The van der Waals surface area contributed by atoms with Crippen LogP contribution in [0, 0.1) is 18.3 Å². The molecule has 0 aliphatic heterocycles. The molecule has 2 heteroatoms. The van der Waals surface area contributed by atoms with Gasteiger partial charge < -0.3 is 0 Å². The predicted molar refractivity (Wildman–Crippen MR) is 104 cm³/mol. The number of fused-ring (bicyclic) bond motifs is 2. The van der Waals surface area contributed by atoms with E-state index in [-0.39, 0.29) is 10.8 Å². The minimum Gasteiger partial charge on any atom is -0.294 e. The number of hydrogen-bond acceptors (Lipinski definition) is 2. The fraction of sp³-hybridized carbons (Fsp3) is 0.333. The number of benzene rings is 2. The van der Waals surface area contributed by atoms with E-state index in [1.54, 1.807) is 0 Å². The molecule has 1 aromatic heterocycles. The van der Waals surface area contributed by atoms with Crippen LogP contribution in [0.5, 0.6) is 0 Å². The molecule has 0 saturated heterocycles. The molecule has 130 valence electrons. The van der Waals surface area contributed by atoms with Gasteiger partial charge in [-0.3, -0.25) is 9.78 Å². The van der Waals surface area contributed by atoms with Crippen LogP contribution in [-0.4, -0.2) is 10.8 Å². The van der Waals surface area contributed by atoms with Crippen LogP contribution in [0.25, 0.3) is 10.8 Å². The van der Waals surface area contributed by atoms with Crippen LogP contribution in [0.4, 0.5) is 0 Å². The van der Waals surface area contributed by atoms with Crippen molar-refractivity contribution in [3.8, 4) is 0 Å². The second-order valence-electron chi connectivity index (χ2n) is 8.50. The van der Waals surface area contributed by atoms with E-state index in [0.717, 1.165) is 41.5 Å². The first-order chi connectivity index (χ1) is 12.5. The smallest absolute Gasteiger partial charge is 0.169 e. The third kappa shape index (κ3) is 1.99. The number of hydrogen-bond donors (Lipinski definition) is 0. The van der Waals surface area contributed by atoms with Gasteiger partial charge in [0.15, 0.2) is 5.78 Å². The molecule has 1 atom stereocenters. The van der Waals surface area contributed by atoms with E-state index in [1.165, 1.54) is 5.39 Å². The van der Waals surface area contributed by atoms with Crippen LogP contribution in [0.15, 0.2) is 60.8 Å². The molecule has 0 unspecified atom stereocenters. The highest BCUT2D eigenvalue weighted by molar-refractivity contribution is 6.05. The minimum absolute atomic E-state index is 0.159. The molecule has 0 amide bonds. The van der Waals surface area contributed by atoms with Crippen LogP contribution in [0.1, 0.15) is 47.8 Å². The van der Waals surface area contributed by atoms with E-state index in [9.17, 15) is 4.79 Å². The Labute approximate surface area is 154 Å². The van der Waals surface area contributed by atoms with Crippen LogP contribution >= 0.6 is 0 Å². The Morgan fingerprint density at radius 3 is 2.50 bits per heavy atom. The fourth-order valence-corrected chi connectivity index (χ4v) is 5.48. The standard InChI is InChI=1S/C24H23NO/c1-16-7-10-21(25-15-16)23(2)12-17-13-24(23,14-17)22(26)20-9-8-18-5-3-4-6-19(18)11-20/h3-11,15,17H,12-14H2,1-2H3/t17?,23-,24?/m0/s1. The first kappa shape index (κ1) is 15.7. The molecule has 3 aliphatic rings. The summed E-state index contributed by atoms with van der Waals surface area (Å²) >= 11 is 0. The average Bonchev–Trinajstić information content (AvgIpc) is 3.10. The van der Waals surface area contributed by atoms with Crippen molar-refractivity contribution in [2.75, 3.05) is 0 Å². The van der Waals surface area contributed by atoms with E-state index >= 15 is 0 Å². The monoisotopic (exact) mass is 341 g/mol. The average molecular weight is 341 g/mol. The number of ketones is 1. The lowest BCUT2D eigenvalue weighted by atomic mass is 9.56. The maximum atomic E-state index is 13.7. The Bertz CT molecular complexity index is 1010. The van der Waals surface area contributed by atoms with Gasteiger partial charge in [-0.15, -0.1) is 0 Å². The quantitative estimate of drug-likeness (QED) is 0.590. The summed E-state index contributed by atoms with van der Waals surface area (Å²) in [6.07, 6.45) is 5.02. The second-order valence-corrected chi connectivity index (χ2v) is 8.50. The van der Waals surface area contributed by atoms with Crippen molar-refractivity contribution in [3.63, 3.8) is 0 Å². The van der Waals surface area contributed by atoms with Gasteiger partial charge in [0.05, 0.1) is 0 Å². The van der Waals surface area contributed by atoms with Crippen molar-refractivity contribution in [2.24, 2.45) is 11.3 Å². The normalized spacial score (nSPS) is 29.5. The number of nitrogens with zero attached hydrogens (tertiary/aromatic N) is 1. The number of carbonyl (C=O) groups excluding carboxylic acids is 1. The molecule has 6 rings (SSSR count). The van der Waals surface area contributed by atoms with Gasteiger partial charge >= 0.3 is 0 Å².